The summed E-state index contributed by atoms with van der Waals surface area (Å²) >= 11 is 4.98. The van der Waals surface area contributed by atoms with Crippen molar-refractivity contribution >= 4 is 23.2 Å². The van der Waals surface area contributed by atoms with E-state index >= 15 is 0 Å². The van der Waals surface area contributed by atoms with E-state index < -0.39 is 0 Å². The Hall–Kier alpha value is -0.900. The molecule has 1 saturated heterocycles. The summed E-state index contributed by atoms with van der Waals surface area (Å²) in [4.78, 5) is 13.0. The van der Waals surface area contributed by atoms with Crippen molar-refractivity contribution in [1.29, 1.82) is 0 Å². The summed E-state index contributed by atoms with van der Waals surface area (Å²) < 4.78 is 0. The van der Waals surface area contributed by atoms with Gasteiger partial charge in [-0.3, -0.25) is 9.69 Å². The summed E-state index contributed by atoms with van der Waals surface area (Å²) in [6.07, 6.45) is 1.70. The van der Waals surface area contributed by atoms with Crippen molar-refractivity contribution in [2.24, 2.45) is 0 Å². The van der Waals surface area contributed by atoms with E-state index in [-0.39, 0.29) is 18.0 Å². The number of carbonyl (C=O) groups is 1. The van der Waals surface area contributed by atoms with Gasteiger partial charge in [-0.2, -0.15) is 0 Å². The lowest BCUT2D eigenvalue weighted by atomic mass is 10.2. The minimum absolute atomic E-state index is 0.0207. The van der Waals surface area contributed by atoms with E-state index in [9.17, 15) is 4.79 Å². The van der Waals surface area contributed by atoms with Gasteiger partial charge in [0, 0.05) is 0 Å². The van der Waals surface area contributed by atoms with Crippen LogP contribution in [0.15, 0.2) is 12.7 Å². The Morgan fingerprint density at radius 2 is 2.42 bits per heavy atom. The molecule has 4 heteroatoms. The molecule has 0 saturated carbocycles. The van der Waals surface area contributed by atoms with Gasteiger partial charge in [-0.25, -0.2) is 0 Å². The van der Waals surface area contributed by atoms with E-state index in [0.717, 1.165) is 0 Å². The smallest absolute Gasteiger partial charge is 0.251 e. The van der Waals surface area contributed by atoms with E-state index in [1.165, 1.54) is 0 Å². The first-order valence-electron chi connectivity index (χ1n) is 3.84. The van der Waals surface area contributed by atoms with Crippen LogP contribution in [0.3, 0.4) is 0 Å². The van der Waals surface area contributed by atoms with Gasteiger partial charge in [-0.15, -0.1) is 6.58 Å². The molecule has 1 fully saturated rings. The highest BCUT2D eigenvalue weighted by molar-refractivity contribution is 7.80. The Bertz CT molecular complexity index is 239. The third-order valence-electron chi connectivity index (χ3n) is 1.92. The monoisotopic (exact) mass is 184 g/mol. The zero-order chi connectivity index (χ0) is 9.30. The second-order valence-corrected chi connectivity index (χ2v) is 3.24. The first-order chi connectivity index (χ1) is 5.57. The largest absolute Gasteiger partial charge is 0.351 e. The zero-order valence-electron chi connectivity index (χ0n) is 7.20. The first kappa shape index (κ1) is 9.19. The third kappa shape index (κ3) is 1.34. The molecule has 1 rings (SSSR count). The molecule has 1 N–H and O–H groups in total. The van der Waals surface area contributed by atoms with E-state index in [1.807, 2.05) is 6.92 Å². The summed E-state index contributed by atoms with van der Waals surface area (Å²) in [6.45, 7) is 7.30. The number of hydrogen-bond acceptors (Lipinski definition) is 2. The number of nitrogens with one attached hydrogen (secondary N) is 1. The van der Waals surface area contributed by atoms with Crippen LogP contribution in [-0.2, 0) is 4.79 Å². The fraction of sp³-hybridized carbons (Fsp3) is 0.500. The quantitative estimate of drug-likeness (QED) is 0.505. The molecule has 12 heavy (non-hydrogen) atoms. The number of thiocarbonyl (C=S) groups is 1. The molecule has 2 atom stereocenters. The van der Waals surface area contributed by atoms with Gasteiger partial charge in [0.15, 0.2) is 5.11 Å². The molecular weight excluding hydrogens is 172 g/mol. The Morgan fingerprint density at radius 1 is 1.83 bits per heavy atom. The highest BCUT2D eigenvalue weighted by Gasteiger charge is 2.34. The Kier molecular flexibility index (Phi) is 2.47. The van der Waals surface area contributed by atoms with E-state index in [4.69, 9.17) is 12.2 Å². The Morgan fingerprint density at radius 3 is 2.75 bits per heavy atom. The predicted molar refractivity (Wildman–Crippen MR) is 51.7 cm³/mol. The van der Waals surface area contributed by atoms with Gasteiger partial charge >= 0.3 is 0 Å². The Balaban J connectivity index is 2.83. The fourth-order valence-electron chi connectivity index (χ4n) is 1.12. The minimum atomic E-state index is -0.195. The van der Waals surface area contributed by atoms with Crippen molar-refractivity contribution in [3.8, 4) is 0 Å². The van der Waals surface area contributed by atoms with Crippen LogP contribution in [0, 0.1) is 0 Å². The lowest BCUT2D eigenvalue weighted by molar-refractivity contribution is -0.127. The second kappa shape index (κ2) is 3.23. The molecule has 1 amide bonds. The molecule has 66 valence electrons. The number of rotatable bonds is 2. The standard InChI is InChI=1S/C8H12N2OS/c1-4-5(2)10-7(11)6(3)9-8(10)12/h4-6H,1H2,2-3H3,(H,9,12). The molecule has 0 radical (unpaired) electrons. The number of hydrogen-bond donors (Lipinski definition) is 1. The molecule has 0 aliphatic carbocycles. The topological polar surface area (TPSA) is 32.3 Å². The van der Waals surface area contributed by atoms with Gasteiger partial charge in [0.1, 0.15) is 6.04 Å². The van der Waals surface area contributed by atoms with Crippen molar-refractivity contribution in [2.75, 3.05) is 0 Å². The van der Waals surface area contributed by atoms with Crippen molar-refractivity contribution in [3.05, 3.63) is 12.7 Å². The van der Waals surface area contributed by atoms with Crippen molar-refractivity contribution in [2.45, 2.75) is 25.9 Å². The average Bonchev–Trinajstić information content (AvgIpc) is 2.26. The number of carbonyl (C=O) groups excluding carboxylic acids is 1. The molecule has 0 bridgehead atoms. The van der Waals surface area contributed by atoms with Crippen LogP contribution in [0.5, 0.6) is 0 Å². The SMILES string of the molecule is C=CC(C)N1C(=O)C(C)NC1=S. The number of amides is 1. The van der Waals surface area contributed by atoms with Gasteiger partial charge in [0.05, 0.1) is 6.04 Å². The van der Waals surface area contributed by atoms with Gasteiger partial charge < -0.3 is 5.32 Å². The first-order valence-corrected chi connectivity index (χ1v) is 4.25. The molecule has 1 heterocycles. The lowest BCUT2D eigenvalue weighted by Gasteiger charge is -2.19. The van der Waals surface area contributed by atoms with E-state index in [1.54, 1.807) is 17.9 Å². The van der Waals surface area contributed by atoms with Crippen LogP contribution in [0.4, 0.5) is 0 Å². The van der Waals surface area contributed by atoms with Crippen LogP contribution in [0.25, 0.3) is 0 Å². The predicted octanol–water partition coefficient (Wildman–Crippen LogP) is 0.666. The zero-order valence-corrected chi connectivity index (χ0v) is 8.02. The van der Waals surface area contributed by atoms with Crippen LogP contribution in [0.1, 0.15) is 13.8 Å². The summed E-state index contributed by atoms with van der Waals surface area (Å²) in [6, 6.07) is -0.220. The third-order valence-corrected chi connectivity index (χ3v) is 2.23. The summed E-state index contributed by atoms with van der Waals surface area (Å²) in [5.74, 6) is 0.0207. The number of nitrogens with zero attached hydrogens (tertiary/aromatic N) is 1. The maximum Gasteiger partial charge on any atom is 0.251 e. The summed E-state index contributed by atoms with van der Waals surface area (Å²) in [5, 5.41) is 3.39. The van der Waals surface area contributed by atoms with Crippen LogP contribution in [0.2, 0.25) is 0 Å². The van der Waals surface area contributed by atoms with Crippen LogP contribution in [-0.4, -0.2) is 28.0 Å². The molecule has 0 aromatic rings. The molecule has 1 aliphatic rings. The van der Waals surface area contributed by atoms with Crippen molar-refractivity contribution in [3.63, 3.8) is 0 Å². The molecule has 3 nitrogen and oxygen atoms in total. The highest BCUT2D eigenvalue weighted by Crippen LogP contribution is 2.10. The second-order valence-electron chi connectivity index (χ2n) is 2.86. The van der Waals surface area contributed by atoms with Gasteiger partial charge in [-0.05, 0) is 26.1 Å². The van der Waals surface area contributed by atoms with Crippen molar-refractivity contribution < 1.29 is 4.79 Å². The molecule has 1 aliphatic heterocycles. The molecule has 0 aromatic carbocycles. The average molecular weight is 184 g/mol. The van der Waals surface area contributed by atoms with Crippen molar-refractivity contribution in [1.82, 2.24) is 10.2 Å². The van der Waals surface area contributed by atoms with Gasteiger partial charge in [-0.1, -0.05) is 6.08 Å². The Labute approximate surface area is 77.4 Å². The normalized spacial score (nSPS) is 25.5. The lowest BCUT2D eigenvalue weighted by Crippen LogP contribution is -2.37. The molecular formula is C8H12N2OS. The van der Waals surface area contributed by atoms with E-state index in [0.29, 0.717) is 5.11 Å². The fourth-order valence-corrected chi connectivity index (χ4v) is 1.55. The van der Waals surface area contributed by atoms with Crippen LogP contribution < -0.4 is 5.32 Å². The summed E-state index contributed by atoms with van der Waals surface area (Å²) in [7, 11) is 0. The van der Waals surface area contributed by atoms with Gasteiger partial charge in [0.2, 0.25) is 0 Å². The summed E-state index contributed by atoms with van der Waals surface area (Å²) in [5.41, 5.74) is 0. The van der Waals surface area contributed by atoms with Gasteiger partial charge in [0.25, 0.3) is 5.91 Å². The molecule has 0 spiro atoms. The molecule has 0 aromatic heterocycles. The molecule has 2 unspecified atom stereocenters. The minimum Gasteiger partial charge on any atom is -0.351 e. The van der Waals surface area contributed by atoms with Crippen LogP contribution >= 0.6 is 12.2 Å². The maximum absolute atomic E-state index is 11.4. The highest BCUT2D eigenvalue weighted by atomic mass is 32.1. The van der Waals surface area contributed by atoms with E-state index in [2.05, 4.69) is 11.9 Å². The maximum atomic E-state index is 11.4.